The number of quaternary nitrogens is 1. The molecule has 0 aliphatic carbocycles. The lowest BCUT2D eigenvalue weighted by Crippen LogP contribution is -2.86. The molecule has 1 amide bonds. The Bertz CT molecular complexity index is 617. The lowest BCUT2D eigenvalue weighted by molar-refractivity contribution is -0.682. The highest BCUT2D eigenvalue weighted by Gasteiger charge is 2.16. The van der Waals surface area contributed by atoms with Gasteiger partial charge in [0, 0.05) is 17.3 Å². The van der Waals surface area contributed by atoms with Crippen molar-refractivity contribution in [2.24, 2.45) is 0 Å². The number of nitrogens with two attached hydrogens (primary N) is 1. The van der Waals surface area contributed by atoms with E-state index in [1.807, 2.05) is 18.2 Å². The molecule has 0 aromatic heterocycles. The first-order valence-corrected chi connectivity index (χ1v) is 6.69. The minimum atomic E-state index is -0.606. The van der Waals surface area contributed by atoms with Crippen molar-refractivity contribution in [2.75, 3.05) is 11.9 Å². The van der Waals surface area contributed by atoms with E-state index in [1.54, 1.807) is 24.4 Å². The van der Waals surface area contributed by atoms with Gasteiger partial charge in [0.25, 0.3) is 5.91 Å². The molecular formula is C16H17F2N2O+. The van der Waals surface area contributed by atoms with Gasteiger partial charge in [-0.1, -0.05) is 18.2 Å². The van der Waals surface area contributed by atoms with Crippen LogP contribution in [0.4, 0.5) is 14.5 Å². The first-order chi connectivity index (χ1) is 10.1. The van der Waals surface area contributed by atoms with Gasteiger partial charge in [-0.15, -0.1) is 0 Å². The fraction of sp³-hybridized carbons (Fsp3) is 0.188. The average Bonchev–Trinajstić information content (AvgIpc) is 2.46. The molecule has 0 bridgehead atoms. The zero-order chi connectivity index (χ0) is 15.2. The summed E-state index contributed by atoms with van der Waals surface area (Å²) in [6, 6.07) is 12.3. The standard InChI is InChI=1S/C16H16F2N2O/c1-11(14-8-7-12(17)9-15(14)18)19-10-16(21)20-13-5-3-2-4-6-13/h2-9,11,19H,10H2,1H3,(H,20,21)/p+1/t11-/m1/s1. The van der Waals surface area contributed by atoms with Gasteiger partial charge in [0.15, 0.2) is 6.54 Å². The molecule has 0 spiro atoms. The van der Waals surface area contributed by atoms with Crippen molar-refractivity contribution >= 4 is 11.6 Å². The topological polar surface area (TPSA) is 45.7 Å². The molecule has 5 heteroatoms. The third-order valence-electron chi connectivity index (χ3n) is 3.17. The highest BCUT2D eigenvalue weighted by Crippen LogP contribution is 2.14. The lowest BCUT2D eigenvalue weighted by Gasteiger charge is -2.12. The molecule has 0 saturated carbocycles. The number of benzene rings is 2. The van der Waals surface area contributed by atoms with Crippen LogP contribution < -0.4 is 10.6 Å². The van der Waals surface area contributed by atoms with E-state index in [-0.39, 0.29) is 18.5 Å². The Morgan fingerprint density at radius 1 is 1.19 bits per heavy atom. The third kappa shape index (κ3) is 4.36. The minimum absolute atomic E-state index is 0.160. The summed E-state index contributed by atoms with van der Waals surface area (Å²) in [7, 11) is 0. The third-order valence-corrected chi connectivity index (χ3v) is 3.17. The lowest BCUT2D eigenvalue weighted by atomic mass is 10.1. The maximum atomic E-state index is 13.6. The molecule has 2 aromatic carbocycles. The Morgan fingerprint density at radius 3 is 2.57 bits per heavy atom. The zero-order valence-electron chi connectivity index (χ0n) is 11.6. The molecular weight excluding hydrogens is 274 g/mol. The normalized spacial score (nSPS) is 12.0. The molecule has 0 unspecified atom stereocenters. The van der Waals surface area contributed by atoms with Gasteiger partial charge in [0.2, 0.25) is 0 Å². The van der Waals surface area contributed by atoms with Crippen molar-refractivity contribution < 1.29 is 18.9 Å². The van der Waals surface area contributed by atoms with Crippen molar-refractivity contribution in [3.8, 4) is 0 Å². The van der Waals surface area contributed by atoms with E-state index in [0.717, 1.165) is 11.8 Å². The van der Waals surface area contributed by atoms with Gasteiger partial charge >= 0.3 is 0 Å². The first-order valence-electron chi connectivity index (χ1n) is 6.69. The Hall–Kier alpha value is -2.27. The summed E-state index contributed by atoms with van der Waals surface area (Å²) >= 11 is 0. The van der Waals surface area contributed by atoms with Gasteiger partial charge in [-0.2, -0.15) is 0 Å². The molecule has 3 N–H and O–H groups in total. The quantitative estimate of drug-likeness (QED) is 0.872. The number of rotatable bonds is 5. The average molecular weight is 291 g/mol. The molecule has 0 aliphatic rings. The maximum absolute atomic E-state index is 13.6. The summed E-state index contributed by atoms with van der Waals surface area (Å²) in [6.45, 7) is 1.93. The molecule has 110 valence electrons. The second-order valence-corrected chi connectivity index (χ2v) is 4.81. The summed E-state index contributed by atoms with van der Waals surface area (Å²) in [4.78, 5) is 11.8. The van der Waals surface area contributed by atoms with Crippen molar-refractivity contribution in [3.63, 3.8) is 0 Å². The summed E-state index contributed by atoms with van der Waals surface area (Å²) in [5.41, 5.74) is 1.10. The smallest absolute Gasteiger partial charge is 0.279 e. The van der Waals surface area contributed by atoms with Crippen LogP contribution in [-0.4, -0.2) is 12.5 Å². The molecule has 3 nitrogen and oxygen atoms in total. The van der Waals surface area contributed by atoms with Gasteiger partial charge in [0.1, 0.15) is 17.7 Å². The number of halogens is 2. The predicted molar refractivity (Wildman–Crippen MR) is 76.6 cm³/mol. The van der Waals surface area contributed by atoms with E-state index in [9.17, 15) is 13.6 Å². The Labute approximate surface area is 122 Å². The number of carbonyl (C=O) groups is 1. The molecule has 0 aliphatic heterocycles. The molecule has 0 radical (unpaired) electrons. The number of carbonyl (C=O) groups excluding carboxylic acids is 1. The molecule has 2 aromatic rings. The summed E-state index contributed by atoms with van der Waals surface area (Å²) in [6.07, 6.45) is 0. The number of amides is 1. The number of nitrogens with one attached hydrogen (secondary N) is 1. The molecule has 0 saturated heterocycles. The summed E-state index contributed by atoms with van der Waals surface area (Å²) < 4.78 is 26.5. The van der Waals surface area contributed by atoms with E-state index in [4.69, 9.17) is 0 Å². The first kappa shape index (κ1) is 15.1. The fourth-order valence-electron chi connectivity index (χ4n) is 2.02. The van der Waals surface area contributed by atoms with Crippen LogP contribution >= 0.6 is 0 Å². The van der Waals surface area contributed by atoms with Crippen molar-refractivity contribution in [3.05, 3.63) is 65.7 Å². The van der Waals surface area contributed by atoms with E-state index in [0.29, 0.717) is 5.56 Å². The molecule has 21 heavy (non-hydrogen) atoms. The van der Waals surface area contributed by atoms with Crippen LogP contribution in [0.5, 0.6) is 0 Å². The van der Waals surface area contributed by atoms with Gasteiger partial charge < -0.3 is 10.6 Å². The van der Waals surface area contributed by atoms with E-state index in [2.05, 4.69) is 5.32 Å². The fourth-order valence-corrected chi connectivity index (χ4v) is 2.02. The van der Waals surface area contributed by atoms with Gasteiger partial charge in [-0.25, -0.2) is 8.78 Å². The predicted octanol–water partition coefficient (Wildman–Crippen LogP) is 2.23. The van der Waals surface area contributed by atoms with Gasteiger partial charge in [0.05, 0.1) is 0 Å². The number of anilines is 1. The van der Waals surface area contributed by atoms with Crippen LogP contribution in [0.3, 0.4) is 0 Å². The second kappa shape index (κ2) is 6.95. The van der Waals surface area contributed by atoms with Crippen LogP contribution in [0.25, 0.3) is 0 Å². The monoisotopic (exact) mass is 291 g/mol. The number of para-hydroxylation sites is 1. The van der Waals surface area contributed by atoms with Crippen LogP contribution in [0.1, 0.15) is 18.5 Å². The van der Waals surface area contributed by atoms with Crippen molar-refractivity contribution in [1.82, 2.24) is 0 Å². The van der Waals surface area contributed by atoms with Crippen LogP contribution in [-0.2, 0) is 4.79 Å². The number of hydrogen-bond acceptors (Lipinski definition) is 1. The number of hydrogen-bond donors (Lipinski definition) is 2. The van der Waals surface area contributed by atoms with E-state index < -0.39 is 11.6 Å². The molecule has 0 heterocycles. The van der Waals surface area contributed by atoms with Crippen LogP contribution in [0, 0.1) is 11.6 Å². The molecule has 1 atom stereocenters. The summed E-state index contributed by atoms with van der Waals surface area (Å²) in [5.74, 6) is -1.37. The minimum Gasteiger partial charge on any atom is -0.332 e. The highest BCUT2D eigenvalue weighted by molar-refractivity contribution is 5.91. The van der Waals surface area contributed by atoms with Gasteiger partial charge in [-0.05, 0) is 31.2 Å². The Balaban J connectivity index is 1.89. The summed E-state index contributed by atoms with van der Waals surface area (Å²) in [5, 5.41) is 4.45. The SMILES string of the molecule is C[C@@H]([NH2+]CC(=O)Nc1ccccc1)c1ccc(F)cc1F. The maximum Gasteiger partial charge on any atom is 0.279 e. The van der Waals surface area contributed by atoms with Gasteiger partial charge in [-0.3, -0.25) is 4.79 Å². The second-order valence-electron chi connectivity index (χ2n) is 4.81. The van der Waals surface area contributed by atoms with E-state index >= 15 is 0 Å². The van der Waals surface area contributed by atoms with Crippen molar-refractivity contribution in [2.45, 2.75) is 13.0 Å². The largest absolute Gasteiger partial charge is 0.332 e. The Morgan fingerprint density at radius 2 is 1.90 bits per heavy atom. The zero-order valence-corrected chi connectivity index (χ0v) is 11.6. The highest BCUT2D eigenvalue weighted by atomic mass is 19.1. The van der Waals surface area contributed by atoms with Crippen molar-refractivity contribution in [1.29, 1.82) is 0 Å². The molecule has 0 fully saturated rings. The van der Waals surface area contributed by atoms with Crippen LogP contribution in [0.15, 0.2) is 48.5 Å². The molecule has 2 rings (SSSR count). The Kier molecular flexibility index (Phi) is 5.00. The van der Waals surface area contributed by atoms with E-state index in [1.165, 1.54) is 12.1 Å². The van der Waals surface area contributed by atoms with Crippen LogP contribution in [0.2, 0.25) is 0 Å².